The second kappa shape index (κ2) is 8.47. The number of hydrogen-bond acceptors (Lipinski definition) is 3. The van der Waals surface area contributed by atoms with Gasteiger partial charge in [0.1, 0.15) is 5.69 Å². The number of nitrogens with zero attached hydrogens (tertiary/aromatic N) is 2. The van der Waals surface area contributed by atoms with Crippen LogP contribution < -0.4 is 4.90 Å². The molecule has 152 valence electrons. The fourth-order valence-electron chi connectivity index (χ4n) is 3.76. The smallest absolute Gasteiger partial charge is 0.270 e. The van der Waals surface area contributed by atoms with E-state index in [4.69, 9.17) is 16.3 Å². The van der Waals surface area contributed by atoms with E-state index in [1.54, 1.807) is 0 Å². The molecule has 1 saturated heterocycles. The van der Waals surface area contributed by atoms with Crippen LogP contribution in [0.1, 0.15) is 28.9 Å². The summed E-state index contributed by atoms with van der Waals surface area (Å²) in [7, 11) is 4.04. The Bertz CT molecular complexity index is 991. The Hall–Kier alpha value is -2.50. The zero-order valence-electron chi connectivity index (χ0n) is 16.8. The lowest BCUT2D eigenvalue weighted by molar-refractivity contribution is 0.0503. The highest BCUT2D eigenvalue weighted by molar-refractivity contribution is 6.31. The number of rotatable bonds is 6. The molecule has 1 atom stereocenters. The van der Waals surface area contributed by atoms with Gasteiger partial charge in [0.2, 0.25) is 0 Å². The maximum Gasteiger partial charge on any atom is 0.270 e. The van der Waals surface area contributed by atoms with Crippen LogP contribution in [0.2, 0.25) is 5.02 Å². The first kappa shape index (κ1) is 19.8. The molecule has 0 radical (unpaired) electrons. The van der Waals surface area contributed by atoms with Crippen molar-refractivity contribution < 1.29 is 9.53 Å². The number of nitrogens with one attached hydrogen (secondary N) is 1. The van der Waals surface area contributed by atoms with Crippen molar-refractivity contribution >= 4 is 34.1 Å². The number of fused-ring (bicyclic) bond motifs is 1. The van der Waals surface area contributed by atoms with Crippen LogP contribution in [-0.2, 0) is 11.3 Å². The molecule has 0 aliphatic carbocycles. The van der Waals surface area contributed by atoms with Crippen molar-refractivity contribution in [1.82, 2.24) is 9.88 Å². The molecule has 0 bridgehead atoms. The molecule has 1 aromatic heterocycles. The van der Waals surface area contributed by atoms with E-state index in [2.05, 4.69) is 34.1 Å². The molecule has 1 aliphatic rings. The number of benzene rings is 2. The van der Waals surface area contributed by atoms with Gasteiger partial charge in [0.05, 0.1) is 6.10 Å². The topological polar surface area (TPSA) is 48.6 Å². The third-order valence-corrected chi connectivity index (χ3v) is 5.61. The Morgan fingerprint density at radius 2 is 1.97 bits per heavy atom. The van der Waals surface area contributed by atoms with Gasteiger partial charge < -0.3 is 19.5 Å². The Kier molecular flexibility index (Phi) is 5.79. The van der Waals surface area contributed by atoms with Crippen molar-refractivity contribution in [2.45, 2.75) is 25.5 Å². The van der Waals surface area contributed by atoms with E-state index in [-0.39, 0.29) is 12.0 Å². The lowest BCUT2D eigenvalue weighted by Gasteiger charge is -2.25. The van der Waals surface area contributed by atoms with Gasteiger partial charge in [0.25, 0.3) is 5.91 Å². The number of halogens is 1. The van der Waals surface area contributed by atoms with Gasteiger partial charge in [-0.2, -0.15) is 0 Å². The summed E-state index contributed by atoms with van der Waals surface area (Å²) in [5, 5.41) is 1.60. The molecule has 3 aromatic rings. The molecule has 5 nitrogen and oxygen atoms in total. The summed E-state index contributed by atoms with van der Waals surface area (Å²) in [5.41, 5.74) is 3.72. The minimum Gasteiger partial charge on any atom is -0.378 e. The largest absolute Gasteiger partial charge is 0.378 e. The Morgan fingerprint density at radius 1 is 1.17 bits per heavy atom. The maximum atomic E-state index is 13.4. The van der Waals surface area contributed by atoms with E-state index in [1.165, 1.54) is 0 Å². The van der Waals surface area contributed by atoms with Crippen LogP contribution in [0.15, 0.2) is 48.5 Å². The van der Waals surface area contributed by atoms with Gasteiger partial charge in [0.15, 0.2) is 0 Å². The van der Waals surface area contributed by atoms with Crippen molar-refractivity contribution in [3.8, 4) is 0 Å². The van der Waals surface area contributed by atoms with E-state index in [0.29, 0.717) is 23.8 Å². The van der Waals surface area contributed by atoms with Gasteiger partial charge >= 0.3 is 0 Å². The molecular weight excluding hydrogens is 386 g/mol. The lowest BCUT2D eigenvalue weighted by atomic mass is 10.1. The highest BCUT2D eigenvalue weighted by Gasteiger charge is 2.24. The van der Waals surface area contributed by atoms with E-state index in [9.17, 15) is 4.79 Å². The summed E-state index contributed by atoms with van der Waals surface area (Å²) in [6.45, 7) is 1.90. The van der Waals surface area contributed by atoms with Crippen molar-refractivity contribution in [2.24, 2.45) is 0 Å². The number of aromatic nitrogens is 1. The molecule has 2 aromatic carbocycles. The molecule has 1 amide bonds. The van der Waals surface area contributed by atoms with Gasteiger partial charge in [-0.1, -0.05) is 23.7 Å². The standard InChI is InChI=1S/C23H26ClN3O2/c1-26(2)19-8-5-16(6-9-19)14-27(15-20-4-3-11-29-20)23(28)22-13-17-12-18(24)7-10-21(17)25-22/h5-10,12-13,20,25H,3-4,11,14-15H2,1-2H3. The van der Waals surface area contributed by atoms with Crippen LogP contribution in [0.25, 0.3) is 10.9 Å². The van der Waals surface area contributed by atoms with Crippen LogP contribution in [0.5, 0.6) is 0 Å². The molecule has 2 heterocycles. The first-order valence-electron chi connectivity index (χ1n) is 9.95. The summed E-state index contributed by atoms with van der Waals surface area (Å²) in [6, 6.07) is 15.8. The van der Waals surface area contributed by atoms with E-state index in [0.717, 1.165) is 41.6 Å². The molecule has 29 heavy (non-hydrogen) atoms. The number of aromatic amines is 1. The zero-order chi connectivity index (χ0) is 20.4. The normalized spacial score (nSPS) is 16.3. The minimum atomic E-state index is -0.0236. The third-order valence-electron chi connectivity index (χ3n) is 5.37. The Balaban J connectivity index is 1.58. The number of hydrogen-bond donors (Lipinski definition) is 1. The highest BCUT2D eigenvalue weighted by atomic mass is 35.5. The second-order valence-electron chi connectivity index (χ2n) is 7.80. The van der Waals surface area contributed by atoms with E-state index < -0.39 is 0 Å². The number of ether oxygens (including phenoxy) is 1. The molecule has 0 saturated carbocycles. The first-order valence-corrected chi connectivity index (χ1v) is 10.3. The fraction of sp³-hybridized carbons (Fsp3) is 0.348. The van der Waals surface area contributed by atoms with Crippen LogP contribution in [0.3, 0.4) is 0 Å². The summed E-state index contributed by atoms with van der Waals surface area (Å²) < 4.78 is 5.80. The maximum absolute atomic E-state index is 13.4. The van der Waals surface area contributed by atoms with E-state index >= 15 is 0 Å². The first-order chi connectivity index (χ1) is 14.0. The van der Waals surface area contributed by atoms with Crippen molar-refractivity contribution in [2.75, 3.05) is 32.1 Å². The Labute approximate surface area is 176 Å². The number of carbonyl (C=O) groups is 1. The fourth-order valence-corrected chi connectivity index (χ4v) is 3.94. The van der Waals surface area contributed by atoms with Gasteiger partial charge in [-0.05, 0) is 54.8 Å². The summed E-state index contributed by atoms with van der Waals surface area (Å²) in [6.07, 6.45) is 2.14. The monoisotopic (exact) mass is 411 g/mol. The quantitative estimate of drug-likeness (QED) is 0.639. The molecular formula is C23H26ClN3O2. The number of H-pyrrole nitrogens is 1. The predicted molar refractivity (Wildman–Crippen MR) is 118 cm³/mol. The van der Waals surface area contributed by atoms with Crippen LogP contribution >= 0.6 is 11.6 Å². The highest BCUT2D eigenvalue weighted by Crippen LogP contribution is 2.23. The summed E-state index contributed by atoms with van der Waals surface area (Å²) >= 11 is 6.10. The average molecular weight is 412 g/mol. The van der Waals surface area contributed by atoms with Crippen LogP contribution in [0, 0.1) is 0 Å². The lowest BCUT2D eigenvalue weighted by Crippen LogP contribution is -2.37. The molecule has 1 aliphatic heterocycles. The third kappa shape index (κ3) is 4.57. The molecule has 0 spiro atoms. The number of anilines is 1. The van der Waals surface area contributed by atoms with Crippen molar-refractivity contribution in [3.63, 3.8) is 0 Å². The van der Waals surface area contributed by atoms with Crippen LogP contribution in [0.4, 0.5) is 5.69 Å². The van der Waals surface area contributed by atoms with E-state index in [1.807, 2.05) is 43.3 Å². The predicted octanol–water partition coefficient (Wildman–Crippen LogP) is 4.71. The molecule has 1 fully saturated rings. The minimum absolute atomic E-state index is 0.0236. The van der Waals surface area contributed by atoms with Crippen molar-refractivity contribution in [1.29, 1.82) is 0 Å². The summed E-state index contributed by atoms with van der Waals surface area (Å²) in [4.78, 5) is 20.6. The van der Waals surface area contributed by atoms with Gasteiger partial charge in [-0.15, -0.1) is 0 Å². The van der Waals surface area contributed by atoms with Crippen molar-refractivity contribution in [3.05, 3.63) is 64.8 Å². The average Bonchev–Trinajstić information content (AvgIpc) is 3.36. The molecule has 4 rings (SSSR count). The SMILES string of the molecule is CN(C)c1ccc(CN(CC2CCCO2)C(=O)c2cc3cc(Cl)ccc3[nH]2)cc1. The molecule has 1 N–H and O–H groups in total. The second-order valence-corrected chi connectivity index (χ2v) is 8.23. The number of amides is 1. The number of carbonyl (C=O) groups excluding carboxylic acids is 1. The van der Waals surface area contributed by atoms with Crippen LogP contribution in [-0.4, -0.2) is 49.1 Å². The van der Waals surface area contributed by atoms with Gasteiger partial charge in [-0.3, -0.25) is 4.79 Å². The Morgan fingerprint density at radius 3 is 2.66 bits per heavy atom. The summed E-state index contributed by atoms with van der Waals surface area (Å²) in [5.74, 6) is -0.0236. The molecule has 1 unspecified atom stereocenters. The van der Waals surface area contributed by atoms with Gasteiger partial charge in [-0.25, -0.2) is 0 Å². The van der Waals surface area contributed by atoms with Gasteiger partial charge in [0, 0.05) is 55.4 Å². The zero-order valence-corrected chi connectivity index (χ0v) is 17.6. The molecule has 6 heteroatoms.